The zero-order valence-electron chi connectivity index (χ0n) is 17.9. The van der Waals surface area contributed by atoms with Crippen LogP contribution < -0.4 is 0 Å². The molecule has 2 saturated heterocycles. The Morgan fingerprint density at radius 3 is 2.09 bits per heavy atom. The smallest absolute Gasteiger partial charge is 0.254 e. The molecule has 0 bridgehead atoms. The monoisotopic (exact) mass is 426 g/mol. The standard InChI is InChI=1S/C26H26N4O2/c31-25(21-9-5-2-6-10-21)29-15-13-28(14-16-29)22-18-30(19-22)26(32)23-11-12-27-17-24(23)20-7-3-1-4-8-20/h1-12,17,22H,13-16,18-19H2. The van der Waals surface area contributed by atoms with Crippen LogP contribution in [0.4, 0.5) is 0 Å². The second kappa shape index (κ2) is 8.93. The van der Waals surface area contributed by atoms with Crippen LogP contribution in [0.15, 0.2) is 79.1 Å². The van der Waals surface area contributed by atoms with Gasteiger partial charge in [-0.2, -0.15) is 0 Å². The first-order valence-electron chi connectivity index (χ1n) is 11.1. The summed E-state index contributed by atoms with van der Waals surface area (Å²) in [6.07, 6.45) is 3.45. The van der Waals surface area contributed by atoms with E-state index in [0.717, 1.165) is 56.0 Å². The number of likely N-dealkylation sites (tertiary alicyclic amines) is 1. The third-order valence-electron chi connectivity index (χ3n) is 6.42. The summed E-state index contributed by atoms with van der Waals surface area (Å²) in [5.74, 6) is 0.155. The van der Waals surface area contributed by atoms with Crippen molar-refractivity contribution < 1.29 is 9.59 Å². The number of piperazine rings is 1. The summed E-state index contributed by atoms with van der Waals surface area (Å²) in [5.41, 5.74) is 3.31. The van der Waals surface area contributed by atoms with Crippen LogP contribution in [0.1, 0.15) is 20.7 Å². The number of hydrogen-bond acceptors (Lipinski definition) is 4. The molecule has 0 aliphatic carbocycles. The average molecular weight is 427 g/mol. The topological polar surface area (TPSA) is 56.8 Å². The molecular weight excluding hydrogens is 400 g/mol. The summed E-state index contributed by atoms with van der Waals surface area (Å²) in [5, 5.41) is 0. The Morgan fingerprint density at radius 2 is 1.41 bits per heavy atom. The van der Waals surface area contributed by atoms with E-state index in [9.17, 15) is 9.59 Å². The molecular formula is C26H26N4O2. The van der Waals surface area contributed by atoms with Crippen molar-refractivity contribution in [2.24, 2.45) is 0 Å². The highest BCUT2D eigenvalue weighted by molar-refractivity contribution is 6.01. The van der Waals surface area contributed by atoms with Gasteiger partial charge in [0, 0.05) is 68.8 Å². The van der Waals surface area contributed by atoms with Gasteiger partial charge in [0.2, 0.25) is 0 Å². The van der Waals surface area contributed by atoms with Crippen molar-refractivity contribution in [2.75, 3.05) is 39.3 Å². The lowest BCUT2D eigenvalue weighted by atomic mass is 9.98. The van der Waals surface area contributed by atoms with Gasteiger partial charge in [-0.3, -0.25) is 19.5 Å². The maximum atomic E-state index is 13.2. The van der Waals surface area contributed by atoms with Gasteiger partial charge in [0.15, 0.2) is 0 Å². The van der Waals surface area contributed by atoms with Crippen molar-refractivity contribution in [3.05, 3.63) is 90.3 Å². The molecule has 2 aliphatic rings. The molecule has 6 nitrogen and oxygen atoms in total. The Kier molecular flexibility index (Phi) is 5.69. The molecule has 162 valence electrons. The fourth-order valence-electron chi connectivity index (χ4n) is 4.50. The molecule has 0 N–H and O–H groups in total. The third kappa shape index (κ3) is 4.01. The highest BCUT2D eigenvalue weighted by Crippen LogP contribution is 2.26. The van der Waals surface area contributed by atoms with Crippen molar-refractivity contribution in [1.82, 2.24) is 19.7 Å². The Morgan fingerprint density at radius 1 is 0.750 bits per heavy atom. The lowest BCUT2D eigenvalue weighted by Gasteiger charge is -2.48. The van der Waals surface area contributed by atoms with E-state index in [1.54, 1.807) is 12.4 Å². The molecule has 6 heteroatoms. The van der Waals surface area contributed by atoms with Gasteiger partial charge < -0.3 is 9.80 Å². The van der Waals surface area contributed by atoms with Gasteiger partial charge in [-0.25, -0.2) is 0 Å². The summed E-state index contributed by atoms with van der Waals surface area (Å²) in [4.78, 5) is 36.3. The quantitative estimate of drug-likeness (QED) is 0.644. The SMILES string of the molecule is O=C(c1ccccc1)N1CCN(C2CN(C(=O)c3ccncc3-c3ccccc3)C2)CC1. The van der Waals surface area contributed by atoms with Crippen LogP contribution in [0.25, 0.3) is 11.1 Å². The maximum absolute atomic E-state index is 13.2. The Balaban J connectivity index is 1.17. The van der Waals surface area contributed by atoms with Gasteiger partial charge in [-0.05, 0) is 23.8 Å². The van der Waals surface area contributed by atoms with Crippen molar-refractivity contribution in [2.45, 2.75) is 6.04 Å². The zero-order valence-corrected chi connectivity index (χ0v) is 17.9. The number of carbonyl (C=O) groups excluding carboxylic acids is 2. The fraction of sp³-hybridized carbons (Fsp3) is 0.269. The maximum Gasteiger partial charge on any atom is 0.254 e. The second-order valence-electron chi connectivity index (χ2n) is 8.35. The van der Waals surface area contributed by atoms with E-state index >= 15 is 0 Å². The highest BCUT2D eigenvalue weighted by atomic mass is 16.2. The molecule has 0 unspecified atom stereocenters. The minimum absolute atomic E-state index is 0.0559. The number of benzene rings is 2. The summed E-state index contributed by atoms with van der Waals surface area (Å²) in [6.45, 7) is 4.58. The van der Waals surface area contributed by atoms with Crippen molar-refractivity contribution in [1.29, 1.82) is 0 Å². The molecule has 2 amide bonds. The number of hydrogen-bond donors (Lipinski definition) is 0. The molecule has 2 aromatic carbocycles. The summed E-state index contributed by atoms with van der Waals surface area (Å²) >= 11 is 0. The summed E-state index contributed by atoms with van der Waals surface area (Å²) in [7, 11) is 0. The molecule has 0 saturated carbocycles. The molecule has 1 aromatic heterocycles. The first-order valence-corrected chi connectivity index (χ1v) is 11.1. The van der Waals surface area contributed by atoms with E-state index < -0.39 is 0 Å². The fourth-order valence-corrected chi connectivity index (χ4v) is 4.50. The summed E-state index contributed by atoms with van der Waals surface area (Å²) < 4.78 is 0. The van der Waals surface area contributed by atoms with Gasteiger partial charge in [0.25, 0.3) is 11.8 Å². The number of nitrogens with zero attached hydrogens (tertiary/aromatic N) is 4. The molecule has 2 aliphatic heterocycles. The number of pyridine rings is 1. The van der Waals surface area contributed by atoms with Crippen LogP contribution in [-0.4, -0.2) is 76.8 Å². The number of rotatable bonds is 4. The molecule has 0 radical (unpaired) electrons. The molecule has 32 heavy (non-hydrogen) atoms. The van der Waals surface area contributed by atoms with Gasteiger partial charge in [-0.15, -0.1) is 0 Å². The Hall–Kier alpha value is -3.51. The van der Waals surface area contributed by atoms with Gasteiger partial charge in [0.05, 0.1) is 5.56 Å². The molecule has 0 spiro atoms. The third-order valence-corrected chi connectivity index (χ3v) is 6.42. The number of aromatic nitrogens is 1. The van der Waals surface area contributed by atoms with Crippen LogP contribution in [0.5, 0.6) is 0 Å². The lowest BCUT2D eigenvalue weighted by Crippen LogP contribution is -2.64. The largest absolute Gasteiger partial charge is 0.336 e. The van der Waals surface area contributed by atoms with Gasteiger partial charge >= 0.3 is 0 Å². The van der Waals surface area contributed by atoms with E-state index in [-0.39, 0.29) is 11.8 Å². The van der Waals surface area contributed by atoms with E-state index in [0.29, 0.717) is 11.6 Å². The Bertz CT molecular complexity index is 1090. The molecule has 3 heterocycles. The first kappa shape index (κ1) is 20.4. The van der Waals surface area contributed by atoms with E-state index in [4.69, 9.17) is 0 Å². The number of carbonyl (C=O) groups is 2. The predicted octanol–water partition coefficient (Wildman–Crippen LogP) is 3.03. The van der Waals surface area contributed by atoms with Crippen molar-refractivity contribution >= 4 is 11.8 Å². The van der Waals surface area contributed by atoms with Crippen LogP contribution in [0.2, 0.25) is 0 Å². The highest BCUT2D eigenvalue weighted by Gasteiger charge is 2.37. The molecule has 3 aromatic rings. The predicted molar refractivity (Wildman–Crippen MR) is 123 cm³/mol. The van der Waals surface area contributed by atoms with Crippen molar-refractivity contribution in [3.63, 3.8) is 0 Å². The van der Waals surface area contributed by atoms with Gasteiger partial charge in [0.1, 0.15) is 0 Å². The van der Waals surface area contributed by atoms with Crippen molar-refractivity contribution in [3.8, 4) is 11.1 Å². The lowest BCUT2D eigenvalue weighted by molar-refractivity contribution is 0.00857. The molecule has 5 rings (SSSR count). The average Bonchev–Trinajstić information content (AvgIpc) is 2.84. The Labute approximate surface area is 188 Å². The first-order chi connectivity index (χ1) is 15.7. The second-order valence-corrected chi connectivity index (χ2v) is 8.35. The van der Waals surface area contributed by atoms with Crippen LogP contribution in [-0.2, 0) is 0 Å². The molecule has 0 atom stereocenters. The van der Waals surface area contributed by atoms with Gasteiger partial charge in [-0.1, -0.05) is 48.5 Å². The van der Waals surface area contributed by atoms with Crippen LogP contribution >= 0.6 is 0 Å². The minimum atomic E-state index is 0.0559. The minimum Gasteiger partial charge on any atom is -0.336 e. The normalized spacial score (nSPS) is 17.1. The van der Waals surface area contributed by atoms with E-state index in [2.05, 4.69) is 9.88 Å². The molecule has 2 fully saturated rings. The van der Waals surface area contributed by atoms with E-state index in [1.165, 1.54) is 0 Å². The number of amides is 2. The summed E-state index contributed by atoms with van der Waals surface area (Å²) in [6, 6.07) is 21.5. The van der Waals surface area contributed by atoms with Crippen LogP contribution in [0.3, 0.4) is 0 Å². The zero-order chi connectivity index (χ0) is 21.9. The van der Waals surface area contributed by atoms with Crippen LogP contribution in [0, 0.1) is 0 Å². The van der Waals surface area contributed by atoms with E-state index in [1.807, 2.05) is 76.5 Å².